The van der Waals surface area contributed by atoms with Crippen LogP contribution in [0.5, 0.6) is 0 Å². The van der Waals surface area contributed by atoms with Gasteiger partial charge in [0.25, 0.3) is 5.91 Å². The summed E-state index contributed by atoms with van der Waals surface area (Å²) in [4.78, 5) is 16.9. The van der Waals surface area contributed by atoms with Crippen LogP contribution in [0.15, 0.2) is 57.9 Å². The Bertz CT molecular complexity index is 868. The molecule has 0 saturated heterocycles. The molecule has 1 aromatic heterocycles. The molecule has 1 fully saturated rings. The van der Waals surface area contributed by atoms with Crippen LogP contribution >= 0.6 is 0 Å². The van der Waals surface area contributed by atoms with Gasteiger partial charge in [0.05, 0.1) is 20.1 Å². The second-order valence-electron chi connectivity index (χ2n) is 5.97. The van der Waals surface area contributed by atoms with Crippen molar-refractivity contribution in [3.05, 3.63) is 48.7 Å². The normalized spacial score (nSPS) is 18.3. The first-order valence-electron chi connectivity index (χ1n) is 7.84. The number of para-hydroxylation sites is 1. The van der Waals surface area contributed by atoms with Crippen LogP contribution in [0.2, 0.25) is 0 Å². The molecule has 1 aliphatic carbocycles. The monoisotopic (exact) mass is 328 g/mol. The highest BCUT2D eigenvalue weighted by Crippen LogP contribution is 2.26. The maximum atomic E-state index is 12.9. The number of carbonyl (C=O) groups excluding carboxylic acids is 1. The molecule has 0 bridgehead atoms. The van der Waals surface area contributed by atoms with Gasteiger partial charge < -0.3 is 0 Å². The van der Waals surface area contributed by atoms with E-state index in [9.17, 15) is 9.00 Å². The van der Waals surface area contributed by atoms with Gasteiger partial charge in [-0.05, 0) is 30.9 Å². The molecule has 1 saturated carbocycles. The minimum atomic E-state index is -2.82. The van der Waals surface area contributed by atoms with Crippen molar-refractivity contribution in [3.8, 4) is 0 Å². The Morgan fingerprint density at radius 1 is 1.26 bits per heavy atom. The lowest BCUT2D eigenvalue weighted by atomic mass is 10.1. The third kappa shape index (κ3) is 3.67. The summed E-state index contributed by atoms with van der Waals surface area (Å²) in [5.74, 6) is 0.0265. The summed E-state index contributed by atoms with van der Waals surface area (Å²) in [5.41, 5.74) is 0.638. The van der Waals surface area contributed by atoms with Gasteiger partial charge in [-0.15, -0.1) is 0 Å². The molecule has 5 heteroatoms. The summed E-state index contributed by atoms with van der Waals surface area (Å²) in [6.07, 6.45) is 11.2. The summed E-state index contributed by atoms with van der Waals surface area (Å²) in [5, 5.41) is 0.892. The Kier molecular flexibility index (Phi) is 4.57. The maximum absolute atomic E-state index is 12.9. The molecule has 1 amide bonds. The molecule has 1 unspecified atom stereocenters. The lowest BCUT2D eigenvalue weighted by Crippen LogP contribution is -2.03. The topological polar surface area (TPSA) is 59.4 Å². The van der Waals surface area contributed by atoms with Gasteiger partial charge in [0.15, 0.2) is 0 Å². The summed E-state index contributed by atoms with van der Waals surface area (Å²) >= 11 is 0. The summed E-state index contributed by atoms with van der Waals surface area (Å²) in [6.45, 7) is 0. The molecule has 23 heavy (non-hydrogen) atoms. The van der Waals surface area contributed by atoms with Crippen molar-refractivity contribution in [1.82, 2.24) is 4.98 Å². The quantitative estimate of drug-likeness (QED) is 0.801. The highest BCUT2D eigenvalue weighted by Gasteiger charge is 2.14. The predicted molar refractivity (Wildman–Crippen MR) is 92.6 cm³/mol. The number of fused-ring (bicyclic) bond motifs is 1. The van der Waals surface area contributed by atoms with E-state index >= 15 is 0 Å². The van der Waals surface area contributed by atoms with Gasteiger partial charge in [-0.1, -0.05) is 37.1 Å². The van der Waals surface area contributed by atoms with Gasteiger partial charge in [0, 0.05) is 23.9 Å². The number of amides is 1. The number of nitrogens with zero attached hydrogens (tertiary/aromatic N) is 2. The Hall–Kier alpha value is -2.01. The number of pyridine rings is 1. The van der Waals surface area contributed by atoms with E-state index in [0.717, 1.165) is 18.2 Å². The van der Waals surface area contributed by atoms with Crippen molar-refractivity contribution in [3.63, 3.8) is 0 Å². The van der Waals surface area contributed by atoms with Gasteiger partial charge in [-0.3, -0.25) is 9.78 Å². The lowest BCUT2D eigenvalue weighted by molar-refractivity contribution is -0.113. The Labute approximate surface area is 136 Å². The van der Waals surface area contributed by atoms with E-state index < -0.39 is 15.6 Å². The van der Waals surface area contributed by atoms with E-state index in [0.29, 0.717) is 16.3 Å². The smallest absolute Gasteiger partial charge is 0.267 e. The van der Waals surface area contributed by atoms with Crippen molar-refractivity contribution in [1.29, 1.82) is 0 Å². The van der Waals surface area contributed by atoms with E-state index in [4.69, 9.17) is 0 Å². The van der Waals surface area contributed by atoms with E-state index in [2.05, 4.69) is 9.35 Å². The summed E-state index contributed by atoms with van der Waals surface area (Å²) in [6, 6.07) is 9.19. The molecule has 1 heterocycles. The average Bonchev–Trinajstić information content (AvgIpc) is 3.05. The van der Waals surface area contributed by atoms with Crippen molar-refractivity contribution < 1.29 is 9.00 Å². The fourth-order valence-electron chi connectivity index (χ4n) is 3.00. The van der Waals surface area contributed by atoms with Gasteiger partial charge in [-0.25, -0.2) is 4.21 Å². The van der Waals surface area contributed by atoms with Gasteiger partial charge in [0.1, 0.15) is 0 Å². The van der Waals surface area contributed by atoms with E-state index in [1.807, 2.05) is 30.3 Å². The molecular weight excluding hydrogens is 308 g/mol. The number of allylic oxidation sites excluding steroid dienone is 1. The van der Waals surface area contributed by atoms with Crippen molar-refractivity contribution in [2.45, 2.75) is 30.6 Å². The number of aromatic nitrogens is 1. The zero-order valence-corrected chi connectivity index (χ0v) is 14.0. The highest BCUT2D eigenvalue weighted by molar-refractivity contribution is 7.93. The van der Waals surface area contributed by atoms with Crippen LogP contribution in [-0.2, 0) is 14.5 Å². The zero-order valence-electron chi connectivity index (χ0n) is 13.1. The van der Waals surface area contributed by atoms with Gasteiger partial charge in [0.2, 0.25) is 0 Å². The fourth-order valence-corrected chi connectivity index (χ4v) is 4.36. The van der Waals surface area contributed by atoms with Crippen LogP contribution in [-0.4, -0.2) is 21.4 Å². The second kappa shape index (κ2) is 6.62. The average molecular weight is 328 g/mol. The molecule has 0 spiro atoms. The third-order valence-electron chi connectivity index (χ3n) is 4.18. The molecule has 4 nitrogen and oxygen atoms in total. The molecule has 1 aliphatic rings. The molecule has 0 N–H and O–H groups in total. The summed E-state index contributed by atoms with van der Waals surface area (Å²) < 4.78 is 16.9. The first-order chi connectivity index (χ1) is 11.1. The van der Waals surface area contributed by atoms with Gasteiger partial charge in [-0.2, -0.15) is 4.36 Å². The lowest BCUT2D eigenvalue weighted by Gasteiger charge is -2.07. The van der Waals surface area contributed by atoms with Crippen LogP contribution in [0.25, 0.3) is 10.9 Å². The van der Waals surface area contributed by atoms with Crippen molar-refractivity contribution in [2.24, 2.45) is 10.3 Å². The van der Waals surface area contributed by atoms with E-state index in [1.165, 1.54) is 25.2 Å². The van der Waals surface area contributed by atoms with Crippen LogP contribution < -0.4 is 0 Å². The van der Waals surface area contributed by atoms with E-state index in [-0.39, 0.29) is 0 Å². The van der Waals surface area contributed by atoms with Crippen LogP contribution in [0, 0.1) is 5.92 Å². The van der Waals surface area contributed by atoms with Gasteiger partial charge >= 0.3 is 0 Å². The molecule has 2 aromatic rings. The fraction of sp³-hybridized carbons (Fsp3) is 0.333. The highest BCUT2D eigenvalue weighted by atomic mass is 32.2. The number of rotatable bonds is 3. The van der Waals surface area contributed by atoms with Crippen LogP contribution in [0.4, 0.5) is 0 Å². The SMILES string of the molecule is CS(=O)(=NC(=O)/C=C/C1CCCC1)c1cccc2cccnc12. The Morgan fingerprint density at radius 3 is 2.78 bits per heavy atom. The third-order valence-corrected chi connectivity index (χ3v) is 5.85. The molecule has 1 atom stereocenters. The number of hydrogen-bond acceptors (Lipinski definition) is 3. The maximum Gasteiger partial charge on any atom is 0.277 e. The first kappa shape index (κ1) is 15.9. The number of hydrogen-bond donors (Lipinski definition) is 0. The number of benzene rings is 1. The van der Waals surface area contributed by atoms with Crippen molar-refractivity contribution >= 4 is 26.5 Å². The first-order valence-corrected chi connectivity index (χ1v) is 9.77. The summed E-state index contributed by atoms with van der Waals surface area (Å²) in [7, 11) is -2.82. The standard InChI is InChI=1S/C18H20N2O2S/c1-23(22,20-17(21)12-11-14-6-2-3-7-14)16-10-4-8-15-9-5-13-19-18(15)16/h4-5,8-14H,2-3,6-7H2,1H3/b12-11+. The zero-order chi connectivity index (χ0) is 16.3. The van der Waals surface area contributed by atoms with E-state index in [1.54, 1.807) is 12.3 Å². The van der Waals surface area contributed by atoms with Crippen LogP contribution in [0.1, 0.15) is 25.7 Å². The molecule has 0 radical (unpaired) electrons. The Balaban J connectivity index is 1.93. The van der Waals surface area contributed by atoms with Crippen molar-refractivity contribution in [2.75, 3.05) is 6.26 Å². The molecule has 1 aromatic carbocycles. The molecular formula is C18H20N2O2S. The number of carbonyl (C=O) groups is 1. The minimum absolute atomic E-state index is 0.433. The largest absolute Gasteiger partial charge is 0.277 e. The second-order valence-corrected chi connectivity index (χ2v) is 8.19. The minimum Gasteiger partial charge on any atom is -0.267 e. The molecule has 0 aliphatic heterocycles. The molecule has 120 valence electrons. The predicted octanol–water partition coefficient (Wildman–Crippen LogP) is 3.96. The Morgan fingerprint density at radius 2 is 2.00 bits per heavy atom. The van der Waals surface area contributed by atoms with Crippen LogP contribution in [0.3, 0.4) is 0 Å². The molecule has 3 rings (SSSR count).